The van der Waals surface area contributed by atoms with Crippen LogP contribution in [0, 0.1) is 0 Å². The lowest BCUT2D eigenvalue weighted by Gasteiger charge is -2.35. The number of amides is 2. The Morgan fingerprint density at radius 1 is 1.36 bits per heavy atom. The summed E-state index contributed by atoms with van der Waals surface area (Å²) < 4.78 is 40.8. The van der Waals surface area contributed by atoms with Crippen molar-refractivity contribution in [2.24, 2.45) is 0 Å². The maximum atomic E-state index is 12.4. The summed E-state index contributed by atoms with van der Waals surface area (Å²) in [5.74, 6) is -1.43. The maximum absolute atomic E-state index is 12.4. The van der Waals surface area contributed by atoms with Crippen LogP contribution in [0.4, 0.5) is 18.9 Å². The Hall–Kier alpha value is -2.29. The smallest absolute Gasteiger partial charge is 0.406 e. The number of carbonyl (C=O) groups is 2. The SMILES string of the molecule is O=C1C(NC(=O)C2(O)CCC2)CCN1c1cccc(OC(F)(F)F)c1. The van der Waals surface area contributed by atoms with Gasteiger partial charge in [0.25, 0.3) is 5.91 Å². The van der Waals surface area contributed by atoms with Gasteiger partial charge in [0.05, 0.1) is 0 Å². The van der Waals surface area contributed by atoms with E-state index in [1.807, 2.05) is 0 Å². The minimum absolute atomic E-state index is 0.248. The molecule has 1 saturated heterocycles. The molecule has 1 aromatic rings. The second-order valence-electron chi connectivity index (χ2n) is 6.23. The molecule has 1 atom stereocenters. The Bertz CT molecular complexity index is 688. The summed E-state index contributed by atoms with van der Waals surface area (Å²) in [5.41, 5.74) is -1.15. The maximum Gasteiger partial charge on any atom is 0.573 e. The first-order chi connectivity index (χ1) is 11.7. The number of hydrogen-bond acceptors (Lipinski definition) is 4. The molecule has 1 heterocycles. The summed E-state index contributed by atoms with van der Waals surface area (Å²) in [6.45, 7) is 0.248. The average molecular weight is 358 g/mol. The highest BCUT2D eigenvalue weighted by molar-refractivity contribution is 6.02. The zero-order valence-electron chi connectivity index (χ0n) is 13.2. The van der Waals surface area contributed by atoms with Gasteiger partial charge in [0.2, 0.25) is 5.91 Å². The highest BCUT2D eigenvalue weighted by Gasteiger charge is 2.44. The molecule has 3 rings (SSSR count). The van der Waals surface area contributed by atoms with Crippen molar-refractivity contribution in [1.82, 2.24) is 5.32 Å². The van der Waals surface area contributed by atoms with Gasteiger partial charge in [0, 0.05) is 18.3 Å². The van der Waals surface area contributed by atoms with Crippen LogP contribution in [-0.4, -0.2) is 41.5 Å². The van der Waals surface area contributed by atoms with Gasteiger partial charge in [0.15, 0.2) is 0 Å². The minimum atomic E-state index is -4.82. The van der Waals surface area contributed by atoms with Gasteiger partial charge >= 0.3 is 6.36 Å². The molecule has 2 N–H and O–H groups in total. The quantitative estimate of drug-likeness (QED) is 0.859. The Balaban J connectivity index is 1.67. The van der Waals surface area contributed by atoms with Crippen LogP contribution < -0.4 is 15.0 Å². The molecule has 1 saturated carbocycles. The monoisotopic (exact) mass is 358 g/mol. The summed E-state index contributed by atoms with van der Waals surface area (Å²) in [4.78, 5) is 25.8. The standard InChI is InChI=1S/C16H17F3N2O4/c17-16(18,19)25-11-4-1-3-10(9-11)21-8-5-12(13(21)22)20-14(23)15(24)6-2-7-15/h1,3-4,9,12,24H,2,5-8H2,(H,20,23). The number of rotatable bonds is 4. The van der Waals surface area contributed by atoms with Crippen LogP contribution in [0.2, 0.25) is 0 Å². The molecular formula is C16H17F3N2O4. The van der Waals surface area contributed by atoms with Crippen LogP contribution in [-0.2, 0) is 9.59 Å². The van der Waals surface area contributed by atoms with Crippen molar-refractivity contribution >= 4 is 17.5 Å². The normalized spacial score (nSPS) is 22.5. The first-order valence-electron chi connectivity index (χ1n) is 7.88. The first kappa shape index (κ1) is 17.5. The molecule has 136 valence electrons. The van der Waals surface area contributed by atoms with E-state index in [-0.39, 0.29) is 12.2 Å². The lowest BCUT2D eigenvalue weighted by Crippen LogP contribution is -2.55. The van der Waals surface area contributed by atoms with Crippen molar-refractivity contribution in [3.63, 3.8) is 0 Å². The van der Waals surface area contributed by atoms with Crippen LogP contribution in [0.15, 0.2) is 24.3 Å². The van der Waals surface area contributed by atoms with Gasteiger partial charge in [-0.05, 0) is 37.8 Å². The van der Waals surface area contributed by atoms with Crippen LogP contribution in [0.1, 0.15) is 25.7 Å². The van der Waals surface area contributed by atoms with Crippen molar-refractivity contribution in [1.29, 1.82) is 0 Å². The molecule has 1 aliphatic heterocycles. The number of hydrogen-bond donors (Lipinski definition) is 2. The number of ether oxygens (including phenoxy) is 1. The molecule has 1 aromatic carbocycles. The third-order valence-electron chi connectivity index (χ3n) is 4.48. The largest absolute Gasteiger partial charge is 0.573 e. The molecule has 0 aromatic heterocycles. The Kier molecular flexibility index (Phi) is 4.36. The number of alkyl halides is 3. The molecule has 0 radical (unpaired) electrons. The van der Waals surface area contributed by atoms with E-state index in [0.717, 1.165) is 18.6 Å². The molecule has 2 amide bonds. The molecule has 0 bridgehead atoms. The Morgan fingerprint density at radius 3 is 2.68 bits per heavy atom. The molecule has 2 aliphatic rings. The van der Waals surface area contributed by atoms with E-state index >= 15 is 0 Å². The molecule has 2 fully saturated rings. The van der Waals surface area contributed by atoms with E-state index in [1.165, 1.54) is 17.0 Å². The highest BCUT2D eigenvalue weighted by atomic mass is 19.4. The zero-order chi connectivity index (χ0) is 18.2. The predicted octanol–water partition coefficient (Wildman–Crippen LogP) is 1.72. The van der Waals surface area contributed by atoms with Gasteiger partial charge < -0.3 is 20.1 Å². The van der Waals surface area contributed by atoms with Gasteiger partial charge in [-0.3, -0.25) is 9.59 Å². The van der Waals surface area contributed by atoms with E-state index < -0.39 is 35.6 Å². The Labute approximate surface area is 141 Å². The first-order valence-corrected chi connectivity index (χ1v) is 7.88. The summed E-state index contributed by atoms with van der Waals surface area (Å²) in [7, 11) is 0. The number of aliphatic hydroxyl groups is 1. The molecule has 25 heavy (non-hydrogen) atoms. The Morgan fingerprint density at radius 2 is 2.08 bits per heavy atom. The molecule has 0 spiro atoms. The highest BCUT2D eigenvalue weighted by Crippen LogP contribution is 2.33. The second kappa shape index (κ2) is 6.21. The number of nitrogens with one attached hydrogen (secondary N) is 1. The van der Waals surface area contributed by atoms with Crippen molar-refractivity contribution in [3.05, 3.63) is 24.3 Å². The van der Waals surface area contributed by atoms with E-state index in [1.54, 1.807) is 0 Å². The lowest BCUT2D eigenvalue weighted by atomic mass is 9.79. The zero-order valence-corrected chi connectivity index (χ0v) is 13.2. The number of nitrogens with zero attached hydrogens (tertiary/aromatic N) is 1. The summed E-state index contributed by atoms with van der Waals surface area (Å²) in [6, 6.07) is 4.31. The van der Waals surface area contributed by atoms with Crippen molar-refractivity contribution in [3.8, 4) is 5.75 Å². The van der Waals surface area contributed by atoms with E-state index in [0.29, 0.717) is 19.3 Å². The molecule has 1 aliphatic carbocycles. The van der Waals surface area contributed by atoms with Gasteiger partial charge in [-0.15, -0.1) is 13.2 Å². The van der Waals surface area contributed by atoms with Crippen LogP contribution in [0.3, 0.4) is 0 Å². The van der Waals surface area contributed by atoms with E-state index in [2.05, 4.69) is 10.1 Å². The molecular weight excluding hydrogens is 341 g/mol. The molecule has 9 heteroatoms. The summed E-state index contributed by atoms with van der Waals surface area (Å²) >= 11 is 0. The molecule has 6 nitrogen and oxygen atoms in total. The predicted molar refractivity (Wildman–Crippen MR) is 80.8 cm³/mol. The summed E-state index contributed by atoms with van der Waals surface area (Å²) in [6.07, 6.45) is -3.03. The van der Waals surface area contributed by atoms with Gasteiger partial charge in [-0.1, -0.05) is 6.07 Å². The van der Waals surface area contributed by atoms with Gasteiger partial charge in [-0.2, -0.15) is 0 Å². The van der Waals surface area contributed by atoms with Crippen molar-refractivity contribution in [2.75, 3.05) is 11.4 Å². The fourth-order valence-corrected chi connectivity index (χ4v) is 2.95. The number of benzene rings is 1. The van der Waals surface area contributed by atoms with Crippen molar-refractivity contribution in [2.45, 2.75) is 43.7 Å². The third-order valence-corrected chi connectivity index (χ3v) is 4.48. The summed E-state index contributed by atoms with van der Waals surface area (Å²) in [5, 5.41) is 12.5. The van der Waals surface area contributed by atoms with E-state index in [4.69, 9.17) is 0 Å². The van der Waals surface area contributed by atoms with E-state index in [9.17, 15) is 27.9 Å². The third kappa shape index (κ3) is 3.71. The van der Waals surface area contributed by atoms with Gasteiger partial charge in [-0.25, -0.2) is 0 Å². The second-order valence-corrected chi connectivity index (χ2v) is 6.23. The lowest BCUT2D eigenvalue weighted by molar-refractivity contribution is -0.274. The minimum Gasteiger partial charge on any atom is -0.406 e. The van der Waals surface area contributed by atoms with Gasteiger partial charge in [0.1, 0.15) is 17.4 Å². The topological polar surface area (TPSA) is 78.9 Å². The van der Waals surface area contributed by atoms with Crippen LogP contribution >= 0.6 is 0 Å². The van der Waals surface area contributed by atoms with Crippen molar-refractivity contribution < 1.29 is 32.6 Å². The average Bonchev–Trinajstić information content (AvgIpc) is 2.84. The fraction of sp³-hybridized carbons (Fsp3) is 0.500. The fourth-order valence-electron chi connectivity index (χ4n) is 2.95. The number of anilines is 1. The van der Waals surface area contributed by atoms with Crippen LogP contribution in [0.25, 0.3) is 0 Å². The number of halogens is 3. The van der Waals surface area contributed by atoms with Crippen LogP contribution in [0.5, 0.6) is 5.75 Å². The number of carbonyl (C=O) groups excluding carboxylic acids is 2. The molecule has 1 unspecified atom stereocenters.